The molecule has 0 spiro atoms. The Bertz CT molecular complexity index is 965. The monoisotopic (exact) mass is 476 g/mol. The predicted molar refractivity (Wildman–Crippen MR) is 124 cm³/mol. The Morgan fingerprint density at radius 2 is 1.94 bits per heavy atom. The van der Waals surface area contributed by atoms with Crippen LogP contribution >= 0.6 is 23.4 Å². The molecule has 2 amide bonds. The number of carbonyl (C=O) groups excluding carboxylic acids is 3. The van der Waals surface area contributed by atoms with E-state index in [2.05, 4.69) is 5.32 Å². The molecular formula is C23H25ClN2O5S. The fourth-order valence-corrected chi connectivity index (χ4v) is 4.38. The third-order valence-corrected chi connectivity index (χ3v) is 6.37. The maximum Gasteiger partial charge on any atom is 0.339 e. The van der Waals surface area contributed by atoms with E-state index in [1.165, 1.54) is 23.7 Å². The Morgan fingerprint density at radius 1 is 1.19 bits per heavy atom. The molecule has 1 saturated heterocycles. The van der Waals surface area contributed by atoms with Gasteiger partial charge in [0.15, 0.2) is 6.61 Å². The van der Waals surface area contributed by atoms with Crippen LogP contribution in [0.4, 0.5) is 5.69 Å². The maximum atomic E-state index is 12.6. The van der Waals surface area contributed by atoms with Gasteiger partial charge in [0.05, 0.1) is 28.9 Å². The van der Waals surface area contributed by atoms with E-state index in [-0.39, 0.29) is 12.6 Å². The van der Waals surface area contributed by atoms with Crippen LogP contribution < -0.4 is 5.32 Å². The van der Waals surface area contributed by atoms with Gasteiger partial charge in [0.25, 0.3) is 5.91 Å². The molecule has 9 heteroatoms. The largest absolute Gasteiger partial charge is 0.452 e. The van der Waals surface area contributed by atoms with E-state index in [0.29, 0.717) is 16.3 Å². The molecule has 1 aliphatic rings. The summed E-state index contributed by atoms with van der Waals surface area (Å²) < 4.78 is 10.8. The molecule has 1 fully saturated rings. The molecule has 0 bridgehead atoms. The average molecular weight is 477 g/mol. The van der Waals surface area contributed by atoms with Gasteiger partial charge in [0, 0.05) is 24.3 Å². The van der Waals surface area contributed by atoms with Crippen LogP contribution in [0.3, 0.4) is 0 Å². The number of likely N-dealkylation sites (N-methyl/N-ethyl adjacent to an activating group) is 1. The first kappa shape index (κ1) is 24.1. The van der Waals surface area contributed by atoms with Gasteiger partial charge in [-0.2, -0.15) is 0 Å². The van der Waals surface area contributed by atoms with Crippen molar-refractivity contribution >= 4 is 46.8 Å². The molecule has 7 nitrogen and oxygen atoms in total. The summed E-state index contributed by atoms with van der Waals surface area (Å²) in [6, 6.07) is 13.9. The molecule has 1 aliphatic heterocycles. The molecule has 1 unspecified atom stereocenters. The van der Waals surface area contributed by atoms with Crippen molar-refractivity contribution in [2.24, 2.45) is 0 Å². The molecular weight excluding hydrogens is 452 g/mol. The molecule has 0 aliphatic carbocycles. The molecule has 2 aromatic carbocycles. The molecule has 1 heterocycles. The summed E-state index contributed by atoms with van der Waals surface area (Å²) in [5, 5.41) is 3.05. The Labute approximate surface area is 196 Å². The highest BCUT2D eigenvalue weighted by Crippen LogP contribution is 2.27. The first-order valence-electron chi connectivity index (χ1n) is 10.2. The Kier molecular flexibility index (Phi) is 8.96. The van der Waals surface area contributed by atoms with Crippen LogP contribution in [-0.2, 0) is 19.1 Å². The third-order valence-electron chi connectivity index (χ3n) is 4.84. The number of anilines is 1. The van der Waals surface area contributed by atoms with Gasteiger partial charge in [0.2, 0.25) is 5.91 Å². The lowest BCUT2D eigenvalue weighted by Crippen LogP contribution is -2.37. The summed E-state index contributed by atoms with van der Waals surface area (Å²) in [5.41, 5.74) is 0.867. The van der Waals surface area contributed by atoms with E-state index in [0.717, 1.165) is 30.1 Å². The quantitative estimate of drug-likeness (QED) is 0.437. The van der Waals surface area contributed by atoms with Gasteiger partial charge in [-0.3, -0.25) is 9.59 Å². The number of rotatable bonds is 9. The second-order valence-corrected chi connectivity index (χ2v) is 8.77. The third kappa shape index (κ3) is 6.98. The van der Waals surface area contributed by atoms with E-state index < -0.39 is 24.4 Å². The highest BCUT2D eigenvalue weighted by molar-refractivity contribution is 7.99. The molecule has 170 valence electrons. The van der Waals surface area contributed by atoms with Gasteiger partial charge < -0.3 is 19.7 Å². The van der Waals surface area contributed by atoms with Crippen molar-refractivity contribution in [1.82, 2.24) is 4.90 Å². The second kappa shape index (κ2) is 11.9. The van der Waals surface area contributed by atoms with Crippen molar-refractivity contribution in [3.8, 4) is 0 Å². The molecule has 32 heavy (non-hydrogen) atoms. The minimum Gasteiger partial charge on any atom is -0.452 e. The Balaban J connectivity index is 1.48. The van der Waals surface area contributed by atoms with E-state index >= 15 is 0 Å². The SMILES string of the molecule is CN(CC(=O)Nc1ccccc1Cl)C(=O)COC(=O)c1ccccc1SCC1CCCO1. The fraction of sp³-hybridized carbons (Fsp3) is 0.348. The highest BCUT2D eigenvalue weighted by atomic mass is 35.5. The standard InChI is InChI=1S/C23H25ClN2O5S/c1-26(13-21(27)25-19-10-4-3-9-18(19)24)22(28)14-31-23(29)17-8-2-5-11-20(17)32-15-16-7-6-12-30-16/h2-5,8-11,16H,6-7,12-15H2,1H3,(H,25,27). The van der Waals surface area contributed by atoms with E-state index in [9.17, 15) is 14.4 Å². The number of amides is 2. The lowest BCUT2D eigenvalue weighted by atomic mass is 10.2. The number of hydrogen-bond acceptors (Lipinski definition) is 6. The number of thioether (sulfide) groups is 1. The van der Waals surface area contributed by atoms with Crippen molar-refractivity contribution < 1.29 is 23.9 Å². The molecule has 0 saturated carbocycles. The maximum absolute atomic E-state index is 12.6. The van der Waals surface area contributed by atoms with Gasteiger partial charge in [-0.1, -0.05) is 35.9 Å². The predicted octanol–water partition coefficient (Wildman–Crippen LogP) is 3.87. The van der Waals surface area contributed by atoms with Gasteiger partial charge in [0.1, 0.15) is 0 Å². The number of ether oxygens (including phenoxy) is 2. The summed E-state index contributed by atoms with van der Waals surface area (Å²) in [7, 11) is 1.47. The summed E-state index contributed by atoms with van der Waals surface area (Å²) in [5.74, 6) is -0.719. The molecule has 1 N–H and O–H groups in total. The number of halogens is 1. The van der Waals surface area contributed by atoms with Crippen molar-refractivity contribution in [1.29, 1.82) is 0 Å². The van der Waals surface area contributed by atoms with Gasteiger partial charge in [-0.25, -0.2) is 4.79 Å². The van der Waals surface area contributed by atoms with Crippen molar-refractivity contribution in [3.05, 3.63) is 59.1 Å². The highest BCUT2D eigenvalue weighted by Gasteiger charge is 2.20. The summed E-state index contributed by atoms with van der Waals surface area (Å²) in [4.78, 5) is 39.1. The summed E-state index contributed by atoms with van der Waals surface area (Å²) in [6.45, 7) is 0.121. The van der Waals surface area contributed by atoms with Gasteiger partial charge in [-0.05, 0) is 37.1 Å². The van der Waals surface area contributed by atoms with Gasteiger partial charge in [-0.15, -0.1) is 11.8 Å². The second-order valence-electron chi connectivity index (χ2n) is 7.30. The summed E-state index contributed by atoms with van der Waals surface area (Å²) in [6.07, 6.45) is 2.27. The molecule has 3 rings (SSSR count). The van der Waals surface area contributed by atoms with Crippen LogP contribution in [0.25, 0.3) is 0 Å². The van der Waals surface area contributed by atoms with E-state index in [1.807, 2.05) is 12.1 Å². The number of carbonyl (C=O) groups is 3. The number of benzene rings is 2. The van der Waals surface area contributed by atoms with Crippen molar-refractivity contribution in [2.75, 3.05) is 37.9 Å². The van der Waals surface area contributed by atoms with E-state index in [4.69, 9.17) is 21.1 Å². The Hall–Kier alpha value is -2.55. The lowest BCUT2D eigenvalue weighted by Gasteiger charge is -2.17. The number of nitrogens with zero attached hydrogens (tertiary/aromatic N) is 1. The fourth-order valence-electron chi connectivity index (χ4n) is 3.09. The zero-order chi connectivity index (χ0) is 22.9. The van der Waals surface area contributed by atoms with Gasteiger partial charge >= 0.3 is 5.97 Å². The van der Waals surface area contributed by atoms with Crippen LogP contribution in [0.15, 0.2) is 53.4 Å². The van der Waals surface area contributed by atoms with Crippen LogP contribution in [0, 0.1) is 0 Å². The average Bonchev–Trinajstić information content (AvgIpc) is 3.31. The molecule has 0 radical (unpaired) electrons. The normalized spacial score (nSPS) is 15.2. The van der Waals surface area contributed by atoms with Crippen LogP contribution in [0.5, 0.6) is 0 Å². The Morgan fingerprint density at radius 3 is 2.69 bits per heavy atom. The molecule has 2 aromatic rings. The van der Waals surface area contributed by atoms with Crippen molar-refractivity contribution in [2.45, 2.75) is 23.8 Å². The number of hydrogen-bond donors (Lipinski definition) is 1. The number of esters is 1. The molecule has 1 atom stereocenters. The first-order chi connectivity index (χ1) is 15.4. The number of nitrogens with one attached hydrogen (secondary N) is 1. The minimum absolute atomic E-state index is 0.191. The number of para-hydroxylation sites is 1. The van der Waals surface area contributed by atoms with Crippen LogP contribution in [0.1, 0.15) is 23.2 Å². The van der Waals surface area contributed by atoms with Crippen molar-refractivity contribution in [3.63, 3.8) is 0 Å². The topological polar surface area (TPSA) is 84.9 Å². The smallest absolute Gasteiger partial charge is 0.339 e. The molecule has 0 aromatic heterocycles. The zero-order valence-electron chi connectivity index (χ0n) is 17.7. The zero-order valence-corrected chi connectivity index (χ0v) is 19.3. The lowest BCUT2D eigenvalue weighted by molar-refractivity contribution is -0.136. The van der Waals surface area contributed by atoms with Crippen LogP contribution in [0.2, 0.25) is 5.02 Å². The van der Waals surface area contributed by atoms with Crippen LogP contribution in [-0.4, -0.2) is 61.3 Å². The first-order valence-corrected chi connectivity index (χ1v) is 11.6. The van der Waals surface area contributed by atoms with E-state index in [1.54, 1.807) is 36.4 Å². The minimum atomic E-state index is -0.581. The summed E-state index contributed by atoms with van der Waals surface area (Å²) >= 11 is 7.56.